The topological polar surface area (TPSA) is 108 Å². The Balaban J connectivity index is 1.93. The number of ether oxygens (including phenoxy) is 1. The molecule has 1 atom stereocenters. The minimum atomic E-state index is -0.923. The minimum absolute atomic E-state index is 0.255. The molecular weight excluding hydrogens is 394 g/mol. The summed E-state index contributed by atoms with van der Waals surface area (Å²) in [5.74, 6) is -1.98. The number of anilines is 1. The standard InChI is InChI=1S/C21H20ClN3O4/c1-13(2)19(25-20(27)15-6-8-16(22)9-7-15)21(28)29-12-18(26)24-17-5-3-4-14(10-17)11-23/h3-10,13,19H,12H2,1-2H3,(H,24,26)(H,25,27)/t19-/m0/s1. The van der Waals surface area contributed by atoms with Crippen molar-refractivity contribution in [2.75, 3.05) is 11.9 Å². The van der Waals surface area contributed by atoms with Crippen LogP contribution in [0.2, 0.25) is 5.02 Å². The lowest BCUT2D eigenvalue weighted by molar-refractivity contribution is -0.150. The third-order valence-electron chi connectivity index (χ3n) is 3.93. The number of hydrogen-bond donors (Lipinski definition) is 2. The van der Waals surface area contributed by atoms with Crippen molar-refractivity contribution >= 4 is 35.1 Å². The van der Waals surface area contributed by atoms with Gasteiger partial charge in [-0.25, -0.2) is 4.79 Å². The van der Waals surface area contributed by atoms with Crippen LogP contribution in [0.3, 0.4) is 0 Å². The maximum absolute atomic E-state index is 12.4. The van der Waals surface area contributed by atoms with Gasteiger partial charge in [0.1, 0.15) is 6.04 Å². The molecule has 2 aromatic carbocycles. The van der Waals surface area contributed by atoms with Gasteiger partial charge >= 0.3 is 5.97 Å². The number of nitrogens with zero attached hydrogens (tertiary/aromatic N) is 1. The number of rotatable bonds is 7. The molecule has 0 heterocycles. The smallest absolute Gasteiger partial charge is 0.329 e. The highest BCUT2D eigenvalue weighted by Gasteiger charge is 2.26. The number of benzene rings is 2. The van der Waals surface area contributed by atoms with Gasteiger partial charge in [0.2, 0.25) is 0 Å². The van der Waals surface area contributed by atoms with Gasteiger partial charge in [0.05, 0.1) is 11.6 Å². The third kappa shape index (κ3) is 6.63. The highest BCUT2D eigenvalue weighted by molar-refractivity contribution is 6.30. The summed E-state index contributed by atoms with van der Waals surface area (Å²) in [6.07, 6.45) is 0. The minimum Gasteiger partial charge on any atom is -0.454 e. The summed E-state index contributed by atoms with van der Waals surface area (Å²) in [5, 5.41) is 14.5. The molecule has 0 aliphatic rings. The zero-order valence-corrected chi connectivity index (χ0v) is 16.7. The number of hydrogen-bond acceptors (Lipinski definition) is 5. The molecular formula is C21H20ClN3O4. The quantitative estimate of drug-likeness (QED) is 0.678. The Labute approximate surface area is 173 Å². The molecule has 2 N–H and O–H groups in total. The molecule has 0 spiro atoms. The van der Waals surface area contributed by atoms with Crippen molar-refractivity contribution in [2.45, 2.75) is 19.9 Å². The Kier molecular flexibility index (Phi) is 7.75. The number of carbonyl (C=O) groups excluding carboxylic acids is 3. The number of carbonyl (C=O) groups is 3. The zero-order chi connectivity index (χ0) is 21.4. The predicted molar refractivity (Wildman–Crippen MR) is 108 cm³/mol. The van der Waals surface area contributed by atoms with E-state index in [-0.39, 0.29) is 5.92 Å². The van der Waals surface area contributed by atoms with Crippen LogP contribution in [0.5, 0.6) is 0 Å². The molecule has 150 valence electrons. The van der Waals surface area contributed by atoms with Crippen molar-refractivity contribution in [3.05, 3.63) is 64.7 Å². The molecule has 0 saturated heterocycles. The number of halogens is 1. The third-order valence-corrected chi connectivity index (χ3v) is 4.19. The fourth-order valence-electron chi connectivity index (χ4n) is 2.41. The first-order valence-corrected chi connectivity index (χ1v) is 9.21. The van der Waals surface area contributed by atoms with Crippen LogP contribution >= 0.6 is 11.6 Å². The molecule has 0 aliphatic heterocycles. The summed E-state index contributed by atoms with van der Waals surface area (Å²) in [6, 6.07) is 13.6. The first-order chi connectivity index (χ1) is 13.8. The van der Waals surface area contributed by atoms with E-state index in [4.69, 9.17) is 21.6 Å². The van der Waals surface area contributed by atoms with Crippen molar-refractivity contribution in [1.29, 1.82) is 5.26 Å². The lowest BCUT2D eigenvalue weighted by Gasteiger charge is -2.20. The molecule has 0 saturated carbocycles. The summed E-state index contributed by atoms with van der Waals surface area (Å²) in [5.41, 5.74) is 1.16. The van der Waals surface area contributed by atoms with Crippen molar-refractivity contribution in [1.82, 2.24) is 5.32 Å². The van der Waals surface area contributed by atoms with Gasteiger partial charge in [-0.3, -0.25) is 9.59 Å². The fraction of sp³-hybridized carbons (Fsp3) is 0.238. The Bertz CT molecular complexity index is 936. The molecule has 2 amide bonds. The fourth-order valence-corrected chi connectivity index (χ4v) is 2.54. The van der Waals surface area contributed by atoms with Gasteiger partial charge in [-0.2, -0.15) is 5.26 Å². The van der Waals surface area contributed by atoms with E-state index < -0.39 is 30.4 Å². The first kappa shape index (κ1) is 21.9. The Morgan fingerprint density at radius 3 is 2.45 bits per heavy atom. The van der Waals surface area contributed by atoms with Crippen molar-refractivity contribution in [2.24, 2.45) is 5.92 Å². The van der Waals surface area contributed by atoms with Crippen LogP contribution in [-0.2, 0) is 14.3 Å². The van der Waals surface area contributed by atoms with E-state index >= 15 is 0 Å². The summed E-state index contributed by atoms with van der Waals surface area (Å²) in [7, 11) is 0. The lowest BCUT2D eigenvalue weighted by Crippen LogP contribution is -2.45. The number of esters is 1. The molecule has 0 aromatic heterocycles. The molecule has 8 heteroatoms. The second kappa shape index (κ2) is 10.2. The second-order valence-corrected chi connectivity index (χ2v) is 6.99. The predicted octanol–water partition coefficient (Wildman–Crippen LogP) is 3.15. The maximum Gasteiger partial charge on any atom is 0.329 e. The molecule has 2 aromatic rings. The molecule has 0 radical (unpaired) electrons. The molecule has 0 fully saturated rings. The lowest BCUT2D eigenvalue weighted by atomic mass is 10.0. The van der Waals surface area contributed by atoms with E-state index in [0.29, 0.717) is 21.8 Å². The number of nitrogens with one attached hydrogen (secondary N) is 2. The van der Waals surface area contributed by atoms with Gasteiger partial charge in [-0.05, 0) is 48.4 Å². The van der Waals surface area contributed by atoms with Crippen LogP contribution in [0, 0.1) is 17.2 Å². The van der Waals surface area contributed by atoms with E-state index in [2.05, 4.69) is 10.6 Å². The van der Waals surface area contributed by atoms with E-state index in [9.17, 15) is 14.4 Å². The molecule has 0 bridgehead atoms. The Hall–Kier alpha value is -3.37. The SMILES string of the molecule is CC(C)[C@H](NC(=O)c1ccc(Cl)cc1)C(=O)OCC(=O)Nc1cccc(C#N)c1. The Morgan fingerprint density at radius 1 is 1.14 bits per heavy atom. The zero-order valence-electron chi connectivity index (χ0n) is 15.9. The largest absolute Gasteiger partial charge is 0.454 e. The maximum atomic E-state index is 12.4. The van der Waals surface area contributed by atoms with Gasteiger partial charge in [-0.15, -0.1) is 0 Å². The molecule has 2 rings (SSSR count). The summed E-state index contributed by atoms with van der Waals surface area (Å²) in [4.78, 5) is 36.7. The van der Waals surface area contributed by atoms with Crippen LogP contribution in [-0.4, -0.2) is 30.4 Å². The number of amides is 2. The summed E-state index contributed by atoms with van der Waals surface area (Å²) >= 11 is 5.81. The van der Waals surface area contributed by atoms with Crippen molar-refractivity contribution < 1.29 is 19.1 Å². The molecule has 29 heavy (non-hydrogen) atoms. The number of nitriles is 1. The van der Waals surface area contributed by atoms with Gasteiger partial charge in [-0.1, -0.05) is 31.5 Å². The van der Waals surface area contributed by atoms with Crippen LogP contribution in [0.15, 0.2) is 48.5 Å². The Morgan fingerprint density at radius 2 is 1.83 bits per heavy atom. The van der Waals surface area contributed by atoms with Crippen LogP contribution < -0.4 is 10.6 Å². The van der Waals surface area contributed by atoms with Gasteiger partial charge in [0, 0.05) is 16.3 Å². The van der Waals surface area contributed by atoms with Gasteiger partial charge < -0.3 is 15.4 Å². The monoisotopic (exact) mass is 413 g/mol. The van der Waals surface area contributed by atoms with E-state index in [0.717, 1.165) is 0 Å². The summed E-state index contributed by atoms with van der Waals surface area (Å²) in [6.45, 7) is 2.98. The molecule has 0 aliphatic carbocycles. The van der Waals surface area contributed by atoms with Gasteiger partial charge in [0.15, 0.2) is 6.61 Å². The van der Waals surface area contributed by atoms with Crippen molar-refractivity contribution in [3.8, 4) is 6.07 Å². The van der Waals surface area contributed by atoms with E-state index in [1.54, 1.807) is 56.3 Å². The second-order valence-electron chi connectivity index (χ2n) is 6.55. The highest BCUT2D eigenvalue weighted by atomic mass is 35.5. The average molecular weight is 414 g/mol. The molecule has 7 nitrogen and oxygen atoms in total. The molecule has 0 unspecified atom stereocenters. The first-order valence-electron chi connectivity index (χ1n) is 8.83. The van der Waals surface area contributed by atoms with Crippen molar-refractivity contribution in [3.63, 3.8) is 0 Å². The van der Waals surface area contributed by atoms with Crippen LogP contribution in [0.25, 0.3) is 0 Å². The van der Waals surface area contributed by atoms with E-state index in [1.165, 1.54) is 6.07 Å². The normalized spacial score (nSPS) is 11.3. The van der Waals surface area contributed by atoms with Crippen LogP contribution in [0.1, 0.15) is 29.8 Å². The average Bonchev–Trinajstić information content (AvgIpc) is 2.70. The highest BCUT2D eigenvalue weighted by Crippen LogP contribution is 2.12. The van der Waals surface area contributed by atoms with Crippen LogP contribution in [0.4, 0.5) is 5.69 Å². The van der Waals surface area contributed by atoms with E-state index in [1.807, 2.05) is 6.07 Å². The summed E-state index contributed by atoms with van der Waals surface area (Å²) < 4.78 is 5.06. The van der Waals surface area contributed by atoms with Gasteiger partial charge in [0.25, 0.3) is 11.8 Å².